The number of aromatic nitrogens is 2. The van der Waals surface area contributed by atoms with Crippen molar-refractivity contribution in [2.24, 2.45) is 7.05 Å². The molecule has 2 heterocycles. The molecule has 1 aromatic carbocycles. The van der Waals surface area contributed by atoms with Gasteiger partial charge in [0.05, 0.1) is 17.2 Å². The summed E-state index contributed by atoms with van der Waals surface area (Å²) in [6.45, 7) is 0.755. The fraction of sp³-hybridized carbons (Fsp3) is 0.375. The molecule has 0 aliphatic carbocycles. The molecule has 3 rings (SSSR count). The van der Waals surface area contributed by atoms with E-state index in [4.69, 9.17) is 0 Å². The fourth-order valence-corrected chi connectivity index (χ4v) is 4.20. The lowest BCUT2D eigenvalue weighted by atomic mass is 10.2. The van der Waals surface area contributed by atoms with Gasteiger partial charge in [-0.3, -0.25) is 9.48 Å². The average Bonchev–Trinajstić information content (AvgIpc) is 3.21. The molecule has 2 N–H and O–H groups in total. The molecular weight excluding hydrogens is 344 g/mol. The number of sulfonamides is 1. The van der Waals surface area contributed by atoms with Gasteiger partial charge in [-0.15, -0.1) is 0 Å². The summed E-state index contributed by atoms with van der Waals surface area (Å²) in [4.78, 5) is 12.3. The van der Waals surface area contributed by atoms with E-state index in [1.165, 1.54) is 28.6 Å². The van der Waals surface area contributed by atoms with E-state index in [0.717, 1.165) is 5.56 Å². The number of carbonyl (C=O) groups excluding carboxylic acids is 1. The molecule has 1 aliphatic rings. The van der Waals surface area contributed by atoms with E-state index in [0.29, 0.717) is 25.1 Å². The molecule has 1 fully saturated rings. The lowest BCUT2D eigenvalue weighted by molar-refractivity contribution is 0.0951. The van der Waals surface area contributed by atoms with Gasteiger partial charge in [0, 0.05) is 44.0 Å². The van der Waals surface area contributed by atoms with Crippen LogP contribution in [0.5, 0.6) is 0 Å². The lowest BCUT2D eigenvalue weighted by Gasteiger charge is -2.15. The summed E-state index contributed by atoms with van der Waals surface area (Å²) in [6, 6.07) is 5.80. The Morgan fingerprint density at radius 1 is 1.36 bits per heavy atom. The van der Waals surface area contributed by atoms with E-state index in [-0.39, 0.29) is 17.3 Å². The molecule has 1 aromatic heterocycles. The zero-order valence-electron chi connectivity index (χ0n) is 13.8. The minimum atomic E-state index is -3.64. The van der Waals surface area contributed by atoms with Crippen molar-refractivity contribution < 1.29 is 18.3 Å². The standard InChI is InChI=1S/C16H20N4O4S/c1-19-10-12(9-18-19)8-17-16(22)13-2-4-15(5-3-13)25(23,24)20-7-6-14(21)11-20/h2-5,9-10,14,21H,6-8,11H2,1H3,(H,17,22)/t14-/m1/s1. The number of carbonyl (C=O) groups is 1. The Morgan fingerprint density at radius 2 is 2.08 bits per heavy atom. The number of aliphatic hydroxyl groups is 1. The molecule has 8 nitrogen and oxygen atoms in total. The van der Waals surface area contributed by atoms with E-state index < -0.39 is 16.1 Å². The first-order valence-corrected chi connectivity index (χ1v) is 9.34. The minimum Gasteiger partial charge on any atom is -0.392 e. The quantitative estimate of drug-likeness (QED) is 0.783. The van der Waals surface area contributed by atoms with Gasteiger partial charge in [0.2, 0.25) is 10.0 Å². The smallest absolute Gasteiger partial charge is 0.251 e. The van der Waals surface area contributed by atoms with E-state index in [1.54, 1.807) is 24.1 Å². The molecule has 134 valence electrons. The predicted octanol–water partition coefficient (Wildman–Crippen LogP) is 0.105. The SMILES string of the molecule is Cn1cc(CNC(=O)c2ccc(S(=O)(=O)N3CC[C@@H](O)C3)cc2)cn1. The number of aliphatic hydroxyl groups excluding tert-OH is 1. The first-order valence-electron chi connectivity index (χ1n) is 7.90. The van der Waals surface area contributed by atoms with Gasteiger partial charge >= 0.3 is 0 Å². The van der Waals surface area contributed by atoms with Crippen LogP contribution in [0.4, 0.5) is 0 Å². The van der Waals surface area contributed by atoms with Crippen LogP contribution in [0, 0.1) is 0 Å². The Balaban J connectivity index is 1.66. The number of nitrogens with one attached hydrogen (secondary N) is 1. The molecule has 1 atom stereocenters. The summed E-state index contributed by atoms with van der Waals surface area (Å²) >= 11 is 0. The van der Waals surface area contributed by atoms with Gasteiger partial charge in [-0.2, -0.15) is 9.40 Å². The van der Waals surface area contributed by atoms with Gasteiger partial charge in [0.1, 0.15) is 0 Å². The van der Waals surface area contributed by atoms with Crippen LogP contribution < -0.4 is 5.32 Å². The summed E-state index contributed by atoms with van der Waals surface area (Å²) in [7, 11) is -1.84. The van der Waals surface area contributed by atoms with Crippen LogP contribution in [-0.2, 0) is 23.6 Å². The number of benzene rings is 1. The van der Waals surface area contributed by atoms with Gasteiger partial charge in [-0.05, 0) is 30.7 Å². The maximum absolute atomic E-state index is 12.5. The lowest BCUT2D eigenvalue weighted by Crippen LogP contribution is -2.29. The third kappa shape index (κ3) is 3.89. The summed E-state index contributed by atoms with van der Waals surface area (Å²) in [5.41, 5.74) is 1.26. The van der Waals surface area contributed by atoms with Crippen LogP contribution in [0.15, 0.2) is 41.6 Å². The molecule has 0 saturated carbocycles. The molecule has 0 bridgehead atoms. The molecule has 25 heavy (non-hydrogen) atoms. The van der Waals surface area contributed by atoms with Crippen molar-refractivity contribution in [2.45, 2.75) is 24.0 Å². The average molecular weight is 364 g/mol. The van der Waals surface area contributed by atoms with Crippen LogP contribution in [0.25, 0.3) is 0 Å². The first-order chi connectivity index (χ1) is 11.9. The minimum absolute atomic E-state index is 0.107. The summed E-state index contributed by atoms with van der Waals surface area (Å²) in [5, 5.41) is 16.3. The summed E-state index contributed by atoms with van der Waals surface area (Å²) < 4.78 is 27.9. The molecule has 0 spiro atoms. The highest BCUT2D eigenvalue weighted by Crippen LogP contribution is 2.21. The fourth-order valence-electron chi connectivity index (χ4n) is 2.70. The topological polar surface area (TPSA) is 105 Å². The van der Waals surface area contributed by atoms with Crippen LogP contribution in [-0.4, -0.2) is 52.7 Å². The molecule has 1 amide bonds. The van der Waals surface area contributed by atoms with Crippen LogP contribution in [0.3, 0.4) is 0 Å². The second-order valence-electron chi connectivity index (χ2n) is 6.03. The second-order valence-corrected chi connectivity index (χ2v) is 7.97. The van der Waals surface area contributed by atoms with Crippen LogP contribution in [0.2, 0.25) is 0 Å². The van der Waals surface area contributed by atoms with Crippen molar-refractivity contribution in [3.05, 3.63) is 47.8 Å². The van der Waals surface area contributed by atoms with Gasteiger partial charge in [-0.25, -0.2) is 8.42 Å². The molecule has 1 aliphatic heterocycles. The summed E-state index contributed by atoms with van der Waals surface area (Å²) in [5.74, 6) is -0.288. The summed E-state index contributed by atoms with van der Waals surface area (Å²) in [6.07, 6.45) is 3.29. The zero-order valence-corrected chi connectivity index (χ0v) is 14.6. The van der Waals surface area contributed by atoms with Gasteiger partial charge in [0.25, 0.3) is 5.91 Å². The van der Waals surface area contributed by atoms with Crippen LogP contribution in [0.1, 0.15) is 22.3 Å². The highest BCUT2D eigenvalue weighted by atomic mass is 32.2. The third-order valence-corrected chi connectivity index (χ3v) is 5.97. The molecule has 1 saturated heterocycles. The molecule has 2 aromatic rings. The normalized spacial score (nSPS) is 18.4. The van der Waals surface area contributed by atoms with Crippen molar-refractivity contribution >= 4 is 15.9 Å². The number of aryl methyl sites for hydroxylation is 1. The predicted molar refractivity (Wildman–Crippen MR) is 90.2 cm³/mol. The third-order valence-electron chi connectivity index (χ3n) is 4.09. The Morgan fingerprint density at radius 3 is 2.64 bits per heavy atom. The van der Waals surface area contributed by atoms with Crippen molar-refractivity contribution in [1.29, 1.82) is 0 Å². The number of hydrogen-bond donors (Lipinski definition) is 2. The number of rotatable bonds is 5. The first kappa shape index (κ1) is 17.6. The van der Waals surface area contributed by atoms with Gasteiger partial charge in [0.15, 0.2) is 0 Å². The van der Waals surface area contributed by atoms with E-state index in [2.05, 4.69) is 10.4 Å². The van der Waals surface area contributed by atoms with E-state index in [1.807, 2.05) is 0 Å². The monoisotopic (exact) mass is 364 g/mol. The van der Waals surface area contributed by atoms with E-state index >= 15 is 0 Å². The van der Waals surface area contributed by atoms with Gasteiger partial charge < -0.3 is 10.4 Å². The van der Waals surface area contributed by atoms with Crippen molar-refractivity contribution in [3.8, 4) is 0 Å². The Bertz CT molecular complexity index is 861. The van der Waals surface area contributed by atoms with Gasteiger partial charge in [-0.1, -0.05) is 0 Å². The van der Waals surface area contributed by atoms with Crippen molar-refractivity contribution in [2.75, 3.05) is 13.1 Å². The zero-order chi connectivity index (χ0) is 18.0. The number of amides is 1. The van der Waals surface area contributed by atoms with E-state index in [9.17, 15) is 18.3 Å². The molecule has 0 unspecified atom stereocenters. The molecule has 0 radical (unpaired) electrons. The second kappa shape index (κ2) is 6.95. The van der Waals surface area contributed by atoms with Crippen LogP contribution >= 0.6 is 0 Å². The maximum Gasteiger partial charge on any atom is 0.251 e. The van der Waals surface area contributed by atoms with Crippen molar-refractivity contribution in [3.63, 3.8) is 0 Å². The largest absolute Gasteiger partial charge is 0.392 e. The number of nitrogens with zero attached hydrogens (tertiary/aromatic N) is 3. The van der Waals surface area contributed by atoms with Crippen molar-refractivity contribution in [1.82, 2.24) is 19.4 Å². The highest BCUT2D eigenvalue weighted by molar-refractivity contribution is 7.89. The Kier molecular flexibility index (Phi) is 4.89. The maximum atomic E-state index is 12.5. The Labute approximate surface area is 146 Å². The number of β-amino-alcohol motifs (C(OH)–C–C–N with tert-alkyl or cyclic N) is 1. The number of hydrogen-bond acceptors (Lipinski definition) is 5. The highest BCUT2D eigenvalue weighted by Gasteiger charge is 2.31. The Hall–Kier alpha value is -2.23. The molecule has 9 heteroatoms. The molecular formula is C16H20N4O4S.